The second kappa shape index (κ2) is 5.02. The van der Waals surface area contributed by atoms with Crippen molar-refractivity contribution in [2.45, 2.75) is 18.9 Å². The van der Waals surface area contributed by atoms with E-state index in [-0.39, 0.29) is 0 Å². The topological polar surface area (TPSA) is 24.9 Å². The molecule has 1 heterocycles. The lowest BCUT2D eigenvalue weighted by molar-refractivity contribution is 0.760. The SMILES string of the molecule is Brc1ccc2c(c1)CCC2Nc1cccnc1Br. The molecule has 1 unspecified atom stereocenters. The summed E-state index contributed by atoms with van der Waals surface area (Å²) in [4.78, 5) is 4.24. The van der Waals surface area contributed by atoms with E-state index < -0.39 is 0 Å². The zero-order valence-corrected chi connectivity index (χ0v) is 12.8. The number of nitrogens with zero attached hydrogens (tertiary/aromatic N) is 1. The molecule has 4 heteroatoms. The third-order valence-corrected chi connectivity index (χ3v) is 4.40. The summed E-state index contributed by atoms with van der Waals surface area (Å²) in [6, 6.07) is 10.9. The number of fused-ring (bicyclic) bond motifs is 1. The van der Waals surface area contributed by atoms with Gasteiger partial charge in [0.2, 0.25) is 0 Å². The molecule has 0 fully saturated rings. The summed E-state index contributed by atoms with van der Waals surface area (Å²) in [6.45, 7) is 0. The van der Waals surface area contributed by atoms with Crippen molar-refractivity contribution < 1.29 is 0 Å². The molecule has 0 aliphatic heterocycles. The number of halogens is 2. The fraction of sp³-hybridized carbons (Fsp3) is 0.214. The summed E-state index contributed by atoms with van der Waals surface area (Å²) in [5.74, 6) is 0. The Bertz CT molecular complexity index is 584. The third-order valence-electron chi connectivity index (χ3n) is 3.27. The molecule has 1 atom stereocenters. The Morgan fingerprint density at radius 2 is 2.11 bits per heavy atom. The molecule has 3 rings (SSSR count). The summed E-state index contributed by atoms with van der Waals surface area (Å²) in [6.07, 6.45) is 4.05. The van der Waals surface area contributed by atoms with Gasteiger partial charge in [-0.1, -0.05) is 22.0 Å². The van der Waals surface area contributed by atoms with Crippen LogP contribution in [0.3, 0.4) is 0 Å². The fourth-order valence-electron chi connectivity index (χ4n) is 2.42. The van der Waals surface area contributed by atoms with Gasteiger partial charge in [-0.15, -0.1) is 0 Å². The van der Waals surface area contributed by atoms with Crippen LogP contribution in [0.4, 0.5) is 5.69 Å². The average Bonchev–Trinajstić information content (AvgIpc) is 2.74. The number of pyridine rings is 1. The minimum absolute atomic E-state index is 0.383. The van der Waals surface area contributed by atoms with Crippen LogP contribution in [0.15, 0.2) is 45.6 Å². The van der Waals surface area contributed by atoms with Crippen LogP contribution >= 0.6 is 31.9 Å². The van der Waals surface area contributed by atoms with Gasteiger partial charge in [-0.05, 0) is 64.2 Å². The van der Waals surface area contributed by atoms with E-state index in [9.17, 15) is 0 Å². The first-order valence-corrected chi connectivity index (χ1v) is 7.48. The molecule has 1 aromatic carbocycles. The zero-order valence-electron chi connectivity index (χ0n) is 9.66. The number of benzene rings is 1. The first kappa shape index (κ1) is 12.2. The second-order valence-electron chi connectivity index (χ2n) is 4.42. The van der Waals surface area contributed by atoms with E-state index >= 15 is 0 Å². The maximum atomic E-state index is 4.24. The van der Waals surface area contributed by atoms with Crippen molar-refractivity contribution >= 4 is 37.5 Å². The van der Waals surface area contributed by atoms with Crippen LogP contribution in [-0.2, 0) is 6.42 Å². The van der Waals surface area contributed by atoms with E-state index in [0.29, 0.717) is 6.04 Å². The molecule has 92 valence electrons. The van der Waals surface area contributed by atoms with Crippen molar-refractivity contribution in [1.82, 2.24) is 4.98 Å². The first-order chi connectivity index (χ1) is 8.74. The van der Waals surface area contributed by atoms with Crippen LogP contribution in [0.5, 0.6) is 0 Å². The lowest BCUT2D eigenvalue weighted by atomic mass is 10.1. The highest BCUT2D eigenvalue weighted by molar-refractivity contribution is 9.10. The highest BCUT2D eigenvalue weighted by atomic mass is 79.9. The molecule has 0 amide bonds. The molecule has 18 heavy (non-hydrogen) atoms. The Balaban J connectivity index is 1.87. The van der Waals surface area contributed by atoms with Crippen molar-refractivity contribution in [3.63, 3.8) is 0 Å². The molecule has 2 nitrogen and oxygen atoms in total. The summed E-state index contributed by atoms with van der Waals surface area (Å²) in [5.41, 5.74) is 3.88. The monoisotopic (exact) mass is 366 g/mol. The minimum Gasteiger partial charge on any atom is -0.376 e. The molecule has 0 radical (unpaired) electrons. The van der Waals surface area contributed by atoms with E-state index in [4.69, 9.17) is 0 Å². The van der Waals surface area contributed by atoms with Crippen LogP contribution in [-0.4, -0.2) is 4.98 Å². The first-order valence-electron chi connectivity index (χ1n) is 5.89. The van der Waals surface area contributed by atoms with Gasteiger partial charge in [-0.25, -0.2) is 4.98 Å². The van der Waals surface area contributed by atoms with Crippen LogP contribution in [0, 0.1) is 0 Å². The van der Waals surface area contributed by atoms with Gasteiger partial charge in [0.15, 0.2) is 0 Å². The Hall–Kier alpha value is -0.870. The summed E-state index contributed by atoms with van der Waals surface area (Å²) in [5, 5.41) is 3.56. The maximum Gasteiger partial charge on any atom is 0.129 e. The van der Waals surface area contributed by atoms with E-state index in [0.717, 1.165) is 27.6 Å². The number of hydrogen-bond donors (Lipinski definition) is 1. The average molecular weight is 368 g/mol. The molecule has 1 aliphatic carbocycles. The highest BCUT2D eigenvalue weighted by Crippen LogP contribution is 2.36. The van der Waals surface area contributed by atoms with Crippen molar-refractivity contribution in [1.29, 1.82) is 0 Å². The smallest absolute Gasteiger partial charge is 0.129 e. The van der Waals surface area contributed by atoms with Crippen LogP contribution in [0.2, 0.25) is 0 Å². The quantitative estimate of drug-likeness (QED) is 0.777. The van der Waals surface area contributed by atoms with Gasteiger partial charge in [0.25, 0.3) is 0 Å². The predicted octanol–water partition coefficient (Wildman–Crippen LogP) is 4.71. The number of nitrogens with one attached hydrogen (secondary N) is 1. The van der Waals surface area contributed by atoms with Crippen LogP contribution < -0.4 is 5.32 Å². The molecule has 0 bridgehead atoms. The van der Waals surface area contributed by atoms with E-state index in [1.54, 1.807) is 6.20 Å². The van der Waals surface area contributed by atoms with Gasteiger partial charge in [-0.3, -0.25) is 0 Å². The number of rotatable bonds is 2. The number of aryl methyl sites for hydroxylation is 1. The van der Waals surface area contributed by atoms with Gasteiger partial charge in [0.05, 0.1) is 11.7 Å². The third kappa shape index (κ3) is 2.31. The molecular weight excluding hydrogens is 356 g/mol. The summed E-state index contributed by atoms with van der Waals surface area (Å²) >= 11 is 7.00. The summed E-state index contributed by atoms with van der Waals surface area (Å²) < 4.78 is 2.03. The lowest BCUT2D eigenvalue weighted by Gasteiger charge is -2.16. The van der Waals surface area contributed by atoms with Gasteiger partial charge in [0, 0.05) is 10.7 Å². The van der Waals surface area contributed by atoms with Crippen LogP contribution in [0.1, 0.15) is 23.6 Å². The highest BCUT2D eigenvalue weighted by Gasteiger charge is 2.22. The maximum absolute atomic E-state index is 4.24. The summed E-state index contributed by atoms with van der Waals surface area (Å²) in [7, 11) is 0. The van der Waals surface area contributed by atoms with E-state index in [1.807, 2.05) is 12.1 Å². The Morgan fingerprint density at radius 1 is 1.22 bits per heavy atom. The minimum atomic E-state index is 0.383. The Kier molecular flexibility index (Phi) is 3.39. The molecular formula is C14H12Br2N2. The second-order valence-corrected chi connectivity index (χ2v) is 6.09. The Morgan fingerprint density at radius 3 is 2.94 bits per heavy atom. The number of anilines is 1. The molecule has 0 saturated heterocycles. The molecule has 1 aromatic heterocycles. The predicted molar refractivity (Wildman–Crippen MR) is 80.8 cm³/mol. The standard InChI is InChI=1S/C14H12Br2N2/c15-10-4-5-11-9(8-10)3-6-12(11)18-13-2-1-7-17-14(13)16/h1-2,4-5,7-8,12,18H,3,6H2. The zero-order chi connectivity index (χ0) is 12.5. The van der Waals surface area contributed by atoms with Crippen molar-refractivity contribution in [3.8, 4) is 0 Å². The van der Waals surface area contributed by atoms with Gasteiger partial charge in [-0.2, -0.15) is 0 Å². The van der Waals surface area contributed by atoms with Gasteiger partial charge >= 0.3 is 0 Å². The van der Waals surface area contributed by atoms with E-state index in [1.165, 1.54) is 11.1 Å². The van der Waals surface area contributed by atoms with Crippen molar-refractivity contribution in [2.75, 3.05) is 5.32 Å². The van der Waals surface area contributed by atoms with Crippen LogP contribution in [0.25, 0.3) is 0 Å². The normalized spacial score (nSPS) is 17.6. The Labute approximate surface area is 123 Å². The molecule has 2 aromatic rings. The number of hydrogen-bond acceptors (Lipinski definition) is 2. The molecule has 1 aliphatic rings. The largest absolute Gasteiger partial charge is 0.376 e. The van der Waals surface area contributed by atoms with Gasteiger partial charge in [0.1, 0.15) is 4.60 Å². The van der Waals surface area contributed by atoms with E-state index in [2.05, 4.69) is 60.4 Å². The lowest BCUT2D eigenvalue weighted by Crippen LogP contribution is -2.07. The molecule has 1 N–H and O–H groups in total. The van der Waals surface area contributed by atoms with Crippen molar-refractivity contribution in [2.24, 2.45) is 0 Å². The van der Waals surface area contributed by atoms with Crippen molar-refractivity contribution in [3.05, 3.63) is 56.7 Å². The molecule has 0 saturated carbocycles. The molecule has 0 spiro atoms. The number of aromatic nitrogens is 1. The van der Waals surface area contributed by atoms with Gasteiger partial charge < -0.3 is 5.32 Å². The fourth-order valence-corrected chi connectivity index (χ4v) is 3.19.